The van der Waals surface area contributed by atoms with Gasteiger partial charge in [0, 0.05) is 5.56 Å². The van der Waals surface area contributed by atoms with E-state index in [1.807, 2.05) is 25.1 Å². The number of aromatic nitrogens is 2. The monoisotopic (exact) mass is 161 g/mol. The summed E-state index contributed by atoms with van der Waals surface area (Å²) in [5.41, 5.74) is 2.52. The van der Waals surface area contributed by atoms with Gasteiger partial charge in [0.2, 0.25) is 0 Å². The maximum atomic E-state index is 10.7. The molecule has 12 heavy (non-hydrogen) atoms. The van der Waals surface area contributed by atoms with Crippen LogP contribution < -0.4 is 0 Å². The fourth-order valence-electron chi connectivity index (χ4n) is 1.33. The summed E-state index contributed by atoms with van der Waals surface area (Å²) >= 11 is 0. The van der Waals surface area contributed by atoms with Crippen LogP contribution in [0.3, 0.4) is 0 Å². The van der Waals surface area contributed by atoms with Crippen LogP contribution in [0, 0.1) is 6.92 Å². The molecule has 0 aliphatic carbocycles. The minimum atomic E-state index is -0.207. The molecule has 0 aliphatic rings. The number of hydrogen-bond acceptors (Lipinski definition) is 1. The summed E-state index contributed by atoms with van der Waals surface area (Å²) in [6.07, 6.45) is 0. The first-order valence-corrected chi connectivity index (χ1v) is 3.83. The molecule has 0 aliphatic heterocycles. The average Bonchev–Trinajstić information content (AvgIpc) is 2.44. The van der Waals surface area contributed by atoms with E-state index in [0.717, 1.165) is 22.4 Å². The molecule has 0 bridgehead atoms. The first-order chi connectivity index (χ1) is 5.81. The van der Waals surface area contributed by atoms with Crippen molar-refractivity contribution >= 4 is 11.0 Å². The smallest absolute Gasteiger partial charge is 0.109 e. The van der Waals surface area contributed by atoms with Gasteiger partial charge in [-0.3, -0.25) is 0 Å². The second-order valence-corrected chi connectivity index (χ2v) is 2.78. The first kappa shape index (κ1) is 7.31. The molecule has 0 saturated heterocycles. The first-order valence-electron chi connectivity index (χ1n) is 3.83. The van der Waals surface area contributed by atoms with Gasteiger partial charge in [-0.15, -0.1) is 0 Å². The Labute approximate surface area is 70.1 Å². The Morgan fingerprint density at radius 2 is 2.33 bits per heavy atom. The summed E-state index contributed by atoms with van der Waals surface area (Å²) in [4.78, 5) is 7.31. The van der Waals surface area contributed by atoms with Crippen LogP contribution in [-0.2, 0) is 11.7 Å². The number of rotatable bonds is 1. The lowest BCUT2D eigenvalue weighted by molar-refractivity contribution is 0.178. The summed E-state index contributed by atoms with van der Waals surface area (Å²) in [6, 6.07) is 5.61. The number of aryl methyl sites for hydroxylation is 1. The molecule has 1 radical (unpaired) electrons. The molecule has 0 saturated carbocycles. The van der Waals surface area contributed by atoms with E-state index in [1.165, 1.54) is 0 Å². The molecule has 3 heteroatoms. The van der Waals surface area contributed by atoms with Crippen molar-refractivity contribution in [1.82, 2.24) is 9.97 Å². The third-order valence-electron chi connectivity index (χ3n) is 1.87. The molecule has 0 spiro atoms. The van der Waals surface area contributed by atoms with Crippen molar-refractivity contribution in [2.45, 2.75) is 13.5 Å². The number of H-pyrrole nitrogens is 1. The van der Waals surface area contributed by atoms with Gasteiger partial charge < -0.3 is 4.98 Å². The zero-order valence-electron chi connectivity index (χ0n) is 6.79. The van der Waals surface area contributed by atoms with E-state index in [4.69, 9.17) is 0 Å². The molecule has 1 heterocycles. The van der Waals surface area contributed by atoms with E-state index in [-0.39, 0.29) is 6.61 Å². The molecule has 1 aromatic carbocycles. The van der Waals surface area contributed by atoms with Crippen LogP contribution in [0.5, 0.6) is 0 Å². The Balaban J connectivity index is 2.78. The Morgan fingerprint density at radius 3 is 3.08 bits per heavy atom. The standard InChI is InChI=1S/C9H9N2O/c1-6-10-8-4-2-3-7(5-12)9(8)11-6/h2-4H,5H2,1H3,(H,10,11). The van der Waals surface area contributed by atoms with Gasteiger partial charge in [0.1, 0.15) is 12.4 Å². The maximum absolute atomic E-state index is 10.7. The third kappa shape index (κ3) is 0.987. The van der Waals surface area contributed by atoms with E-state index >= 15 is 0 Å². The van der Waals surface area contributed by atoms with E-state index in [2.05, 4.69) is 9.97 Å². The zero-order chi connectivity index (χ0) is 8.55. The molecule has 0 amide bonds. The minimum absolute atomic E-state index is 0.207. The lowest BCUT2D eigenvalue weighted by Gasteiger charge is -1.93. The lowest BCUT2D eigenvalue weighted by atomic mass is 10.2. The fourth-order valence-corrected chi connectivity index (χ4v) is 1.33. The van der Waals surface area contributed by atoms with Gasteiger partial charge in [0.15, 0.2) is 0 Å². The number of imidazole rings is 1. The van der Waals surface area contributed by atoms with Gasteiger partial charge in [-0.1, -0.05) is 12.1 Å². The van der Waals surface area contributed by atoms with Gasteiger partial charge in [-0.25, -0.2) is 10.1 Å². The predicted octanol–water partition coefficient (Wildman–Crippen LogP) is 1.80. The molecule has 2 rings (SSSR count). The minimum Gasteiger partial charge on any atom is -0.342 e. The average molecular weight is 161 g/mol. The van der Waals surface area contributed by atoms with Crippen LogP contribution in [0.15, 0.2) is 18.2 Å². The van der Waals surface area contributed by atoms with Gasteiger partial charge in [-0.05, 0) is 13.0 Å². The lowest BCUT2D eigenvalue weighted by Crippen LogP contribution is -1.82. The van der Waals surface area contributed by atoms with Gasteiger partial charge in [-0.2, -0.15) is 0 Å². The van der Waals surface area contributed by atoms with E-state index < -0.39 is 0 Å². The van der Waals surface area contributed by atoms with Crippen LogP contribution in [0.1, 0.15) is 11.4 Å². The largest absolute Gasteiger partial charge is 0.342 e. The Hall–Kier alpha value is -1.35. The highest BCUT2D eigenvalue weighted by Crippen LogP contribution is 2.15. The van der Waals surface area contributed by atoms with Gasteiger partial charge in [0.25, 0.3) is 0 Å². The number of nitrogens with zero attached hydrogens (tertiary/aromatic N) is 1. The van der Waals surface area contributed by atoms with Crippen molar-refractivity contribution in [2.75, 3.05) is 0 Å². The second kappa shape index (κ2) is 2.60. The quantitative estimate of drug-likeness (QED) is 0.681. The van der Waals surface area contributed by atoms with Gasteiger partial charge >= 0.3 is 0 Å². The van der Waals surface area contributed by atoms with Crippen molar-refractivity contribution in [2.24, 2.45) is 0 Å². The van der Waals surface area contributed by atoms with Crippen molar-refractivity contribution in [1.29, 1.82) is 0 Å². The zero-order valence-corrected chi connectivity index (χ0v) is 6.79. The summed E-state index contributed by atoms with van der Waals surface area (Å²) < 4.78 is 0. The normalized spacial score (nSPS) is 10.8. The summed E-state index contributed by atoms with van der Waals surface area (Å²) in [5.74, 6) is 0.853. The number of fused-ring (bicyclic) bond motifs is 1. The van der Waals surface area contributed by atoms with Crippen LogP contribution in [0.4, 0.5) is 0 Å². The third-order valence-corrected chi connectivity index (χ3v) is 1.87. The summed E-state index contributed by atoms with van der Waals surface area (Å²) in [7, 11) is 0. The molecule has 0 unspecified atom stereocenters. The van der Waals surface area contributed by atoms with E-state index in [1.54, 1.807) is 0 Å². The Morgan fingerprint density at radius 1 is 1.50 bits per heavy atom. The fraction of sp³-hybridized carbons (Fsp3) is 0.222. The van der Waals surface area contributed by atoms with Crippen molar-refractivity contribution in [3.05, 3.63) is 29.6 Å². The highest BCUT2D eigenvalue weighted by atomic mass is 16.3. The predicted molar refractivity (Wildman–Crippen MR) is 45.2 cm³/mol. The van der Waals surface area contributed by atoms with Crippen LogP contribution >= 0.6 is 0 Å². The number of nitrogens with one attached hydrogen (secondary N) is 1. The second-order valence-electron chi connectivity index (χ2n) is 2.78. The molecule has 0 fully saturated rings. The molecular weight excluding hydrogens is 152 g/mol. The van der Waals surface area contributed by atoms with Crippen LogP contribution in [0.2, 0.25) is 0 Å². The van der Waals surface area contributed by atoms with Crippen molar-refractivity contribution < 1.29 is 5.11 Å². The summed E-state index contributed by atoms with van der Waals surface area (Å²) in [5, 5.41) is 10.7. The van der Waals surface area contributed by atoms with Crippen LogP contribution in [-0.4, -0.2) is 9.97 Å². The molecular formula is C9H9N2O. The maximum Gasteiger partial charge on any atom is 0.109 e. The van der Waals surface area contributed by atoms with E-state index in [9.17, 15) is 5.11 Å². The highest BCUT2D eigenvalue weighted by Gasteiger charge is 2.03. The molecule has 1 N–H and O–H groups in total. The topological polar surface area (TPSA) is 48.6 Å². The molecule has 3 nitrogen and oxygen atoms in total. The van der Waals surface area contributed by atoms with Crippen LogP contribution in [0.25, 0.3) is 11.0 Å². The highest BCUT2D eigenvalue weighted by molar-refractivity contribution is 5.78. The number of benzene rings is 1. The number of hydrogen-bond donors (Lipinski definition) is 1. The van der Waals surface area contributed by atoms with E-state index in [0.29, 0.717) is 0 Å². The Kier molecular flexibility index (Phi) is 1.59. The molecule has 61 valence electrons. The summed E-state index contributed by atoms with van der Waals surface area (Å²) in [6.45, 7) is 1.68. The van der Waals surface area contributed by atoms with Gasteiger partial charge in [0.05, 0.1) is 11.0 Å². The SMILES string of the molecule is Cc1nc2c(C[O])cccc2[nH]1. The number of para-hydroxylation sites is 1. The van der Waals surface area contributed by atoms with Crippen molar-refractivity contribution in [3.8, 4) is 0 Å². The van der Waals surface area contributed by atoms with Crippen molar-refractivity contribution in [3.63, 3.8) is 0 Å². The molecule has 0 atom stereocenters. The molecule has 2 aromatic rings. The number of aromatic amines is 1. The molecule has 1 aromatic heterocycles. The Bertz CT molecular complexity index is 406.